The Balaban J connectivity index is 1.17. The van der Waals surface area contributed by atoms with Gasteiger partial charge in [-0.05, 0) is 75.7 Å². The van der Waals surface area contributed by atoms with Crippen molar-refractivity contribution in [2.45, 2.75) is 246 Å². The molecular formula is C56H88N2. The number of unbranched alkanes of at least 4 members (excludes halogenated alkanes) is 26. The first-order valence-electron chi connectivity index (χ1n) is 25.6. The molecule has 322 valence electrons. The lowest BCUT2D eigenvalue weighted by Gasteiger charge is -2.22. The van der Waals surface area contributed by atoms with Crippen molar-refractivity contribution in [3.05, 3.63) is 71.0 Å². The van der Waals surface area contributed by atoms with E-state index in [4.69, 9.17) is 0 Å². The summed E-state index contributed by atoms with van der Waals surface area (Å²) in [6, 6.07) is 18.7. The number of para-hydroxylation sites is 2. The third kappa shape index (κ3) is 13.9. The van der Waals surface area contributed by atoms with Gasteiger partial charge in [0.25, 0.3) is 0 Å². The number of hydrogen-bond acceptors (Lipinski definition) is 0. The van der Waals surface area contributed by atoms with Crippen LogP contribution in [0.15, 0.2) is 48.5 Å². The van der Waals surface area contributed by atoms with E-state index in [9.17, 15) is 0 Å². The second kappa shape index (κ2) is 27.2. The third-order valence-corrected chi connectivity index (χ3v) is 14.0. The summed E-state index contributed by atoms with van der Waals surface area (Å²) in [6.45, 7) is 11.8. The van der Waals surface area contributed by atoms with Crippen LogP contribution in [-0.4, -0.2) is 9.13 Å². The zero-order valence-electron chi connectivity index (χ0n) is 38.6. The Morgan fingerprint density at radius 2 is 0.638 bits per heavy atom. The van der Waals surface area contributed by atoms with Crippen LogP contribution < -0.4 is 0 Å². The fraction of sp³-hybridized carbons (Fsp3) is 0.679. The van der Waals surface area contributed by atoms with Gasteiger partial charge in [-0.3, -0.25) is 0 Å². The molecule has 2 heteroatoms. The second-order valence-corrected chi connectivity index (χ2v) is 18.6. The molecule has 0 radical (unpaired) electrons. The molecule has 0 atom stereocenters. The maximum absolute atomic E-state index is 2.69. The first kappa shape index (κ1) is 46.3. The molecule has 2 nitrogen and oxygen atoms in total. The van der Waals surface area contributed by atoms with Crippen LogP contribution in [0, 0.1) is 13.8 Å². The Labute approximate surface area is 358 Å². The van der Waals surface area contributed by atoms with Crippen LogP contribution in [0.3, 0.4) is 0 Å². The molecule has 0 saturated carbocycles. The number of fused-ring (bicyclic) bond motifs is 2. The Hall–Kier alpha value is -2.74. The molecule has 0 spiro atoms. The van der Waals surface area contributed by atoms with Crippen LogP contribution in [0.25, 0.3) is 33.0 Å². The molecule has 0 fully saturated rings. The van der Waals surface area contributed by atoms with Crippen LogP contribution in [0.5, 0.6) is 0 Å². The normalized spacial score (nSPS) is 13.5. The van der Waals surface area contributed by atoms with Crippen molar-refractivity contribution < 1.29 is 0 Å². The molecule has 2 aromatic heterocycles. The molecule has 0 amide bonds. The predicted molar refractivity (Wildman–Crippen MR) is 259 cm³/mol. The molecule has 4 aromatic rings. The van der Waals surface area contributed by atoms with Crippen LogP contribution in [0.1, 0.15) is 242 Å². The summed E-state index contributed by atoms with van der Waals surface area (Å²) in [5.41, 5.74) is 12.3. The van der Waals surface area contributed by atoms with Gasteiger partial charge in [-0.15, -0.1) is 0 Å². The highest BCUT2D eigenvalue weighted by Gasteiger charge is 2.26. The van der Waals surface area contributed by atoms with Gasteiger partial charge in [-0.1, -0.05) is 217 Å². The van der Waals surface area contributed by atoms with Crippen molar-refractivity contribution in [1.82, 2.24) is 9.13 Å². The van der Waals surface area contributed by atoms with E-state index in [0.717, 1.165) is 13.1 Å². The van der Waals surface area contributed by atoms with Gasteiger partial charge in [-0.25, -0.2) is 0 Å². The van der Waals surface area contributed by atoms with Crippen LogP contribution in [0.2, 0.25) is 0 Å². The molecule has 58 heavy (non-hydrogen) atoms. The molecule has 0 unspecified atom stereocenters. The lowest BCUT2D eigenvalue weighted by molar-refractivity contribution is 0.525. The standard InChI is InChI=1S/C56H88N2/c1-5-7-9-11-13-15-17-19-21-23-25-27-29-37-45-57-47(3)55(51-41-33-35-43-53(51)57)49-39-31-32-40-50(49)56-48(4)58(54-44-36-34-42-52(54)56)46-38-30-28-26-24-22-20-18-16-14-12-10-8-6-2/h33-36,41-44H,5-32,37-40,45-46H2,1-4H3. The molecule has 5 rings (SSSR count). The highest BCUT2D eigenvalue weighted by molar-refractivity contribution is 6.07. The highest BCUT2D eigenvalue weighted by atomic mass is 15.0. The summed E-state index contributed by atoms with van der Waals surface area (Å²) >= 11 is 0. The van der Waals surface area contributed by atoms with Crippen molar-refractivity contribution >= 4 is 33.0 Å². The van der Waals surface area contributed by atoms with Crippen molar-refractivity contribution in [3.8, 4) is 0 Å². The number of allylic oxidation sites excluding steroid dienone is 2. The summed E-state index contributed by atoms with van der Waals surface area (Å²) in [6.07, 6.45) is 44.6. The van der Waals surface area contributed by atoms with E-state index < -0.39 is 0 Å². The van der Waals surface area contributed by atoms with E-state index >= 15 is 0 Å². The number of hydrogen-bond donors (Lipinski definition) is 0. The van der Waals surface area contributed by atoms with Gasteiger partial charge >= 0.3 is 0 Å². The minimum absolute atomic E-state index is 1.14. The SMILES string of the molecule is CCCCCCCCCCCCCCCCn1c(C)c(C2=C(c3c(C)n(CCCCCCCCCCCCCCCC)c4ccccc34)CCCC2)c2ccccc21. The zero-order chi connectivity index (χ0) is 40.6. The lowest BCUT2D eigenvalue weighted by atomic mass is 9.82. The molecular weight excluding hydrogens is 701 g/mol. The van der Waals surface area contributed by atoms with Gasteiger partial charge < -0.3 is 9.13 Å². The van der Waals surface area contributed by atoms with Crippen molar-refractivity contribution in [1.29, 1.82) is 0 Å². The minimum atomic E-state index is 1.14. The Kier molecular flexibility index (Phi) is 21.7. The minimum Gasteiger partial charge on any atom is -0.344 e. The number of nitrogens with zero attached hydrogens (tertiary/aromatic N) is 2. The number of aryl methyl sites for hydroxylation is 2. The molecule has 2 heterocycles. The quantitative estimate of drug-likeness (QED) is 0.0436. The lowest BCUT2D eigenvalue weighted by Crippen LogP contribution is -2.05. The largest absolute Gasteiger partial charge is 0.344 e. The topological polar surface area (TPSA) is 9.86 Å². The monoisotopic (exact) mass is 789 g/mol. The molecule has 1 aliphatic rings. The van der Waals surface area contributed by atoms with Crippen molar-refractivity contribution in [2.24, 2.45) is 0 Å². The van der Waals surface area contributed by atoms with Gasteiger partial charge in [0, 0.05) is 57.4 Å². The molecule has 0 bridgehead atoms. The van der Waals surface area contributed by atoms with Gasteiger partial charge in [-0.2, -0.15) is 0 Å². The Bertz CT molecular complexity index is 1620. The first-order chi connectivity index (χ1) is 28.7. The number of rotatable bonds is 32. The molecule has 0 N–H and O–H groups in total. The summed E-state index contributed by atoms with van der Waals surface area (Å²) in [5, 5.41) is 2.95. The highest BCUT2D eigenvalue weighted by Crippen LogP contribution is 2.46. The summed E-state index contributed by atoms with van der Waals surface area (Å²) in [4.78, 5) is 0. The smallest absolute Gasteiger partial charge is 0.0488 e. The van der Waals surface area contributed by atoms with E-state index in [1.54, 1.807) is 22.3 Å². The van der Waals surface area contributed by atoms with E-state index in [0.29, 0.717) is 0 Å². The fourth-order valence-corrected chi connectivity index (χ4v) is 10.6. The zero-order valence-corrected chi connectivity index (χ0v) is 38.6. The van der Waals surface area contributed by atoms with Gasteiger partial charge in [0.15, 0.2) is 0 Å². The first-order valence-corrected chi connectivity index (χ1v) is 25.6. The van der Waals surface area contributed by atoms with E-state index in [1.807, 2.05) is 0 Å². The van der Waals surface area contributed by atoms with Crippen LogP contribution >= 0.6 is 0 Å². The molecule has 2 aromatic carbocycles. The van der Waals surface area contributed by atoms with Gasteiger partial charge in [0.05, 0.1) is 0 Å². The molecule has 1 aliphatic carbocycles. The number of aromatic nitrogens is 2. The van der Waals surface area contributed by atoms with E-state index in [-0.39, 0.29) is 0 Å². The summed E-state index contributed by atoms with van der Waals surface area (Å²) < 4.78 is 5.38. The third-order valence-electron chi connectivity index (χ3n) is 14.0. The average molecular weight is 789 g/mol. The Morgan fingerprint density at radius 1 is 0.362 bits per heavy atom. The van der Waals surface area contributed by atoms with Crippen molar-refractivity contribution in [3.63, 3.8) is 0 Å². The average Bonchev–Trinajstić information content (AvgIpc) is 3.69. The van der Waals surface area contributed by atoms with Crippen LogP contribution in [0.4, 0.5) is 0 Å². The predicted octanol–water partition coefficient (Wildman–Crippen LogP) is 18.7. The van der Waals surface area contributed by atoms with Gasteiger partial charge in [0.1, 0.15) is 0 Å². The molecule has 0 saturated heterocycles. The van der Waals surface area contributed by atoms with Crippen LogP contribution in [-0.2, 0) is 13.1 Å². The summed E-state index contributed by atoms with van der Waals surface area (Å²) in [5.74, 6) is 0. The Morgan fingerprint density at radius 3 is 0.948 bits per heavy atom. The van der Waals surface area contributed by atoms with E-state index in [1.165, 1.54) is 239 Å². The van der Waals surface area contributed by atoms with Gasteiger partial charge in [0.2, 0.25) is 0 Å². The van der Waals surface area contributed by atoms with E-state index in [2.05, 4.69) is 85.4 Å². The maximum atomic E-state index is 2.69. The molecule has 0 aliphatic heterocycles. The number of benzene rings is 2. The fourth-order valence-electron chi connectivity index (χ4n) is 10.6. The van der Waals surface area contributed by atoms with Crippen molar-refractivity contribution in [2.75, 3.05) is 0 Å². The summed E-state index contributed by atoms with van der Waals surface area (Å²) in [7, 11) is 0. The second-order valence-electron chi connectivity index (χ2n) is 18.6. The maximum Gasteiger partial charge on any atom is 0.0488 e.